The zero-order valence-corrected chi connectivity index (χ0v) is 14.6. The van der Waals surface area contributed by atoms with Crippen LogP contribution in [0.25, 0.3) is 10.7 Å². The number of rotatable bonds is 9. The molecule has 0 unspecified atom stereocenters. The predicted molar refractivity (Wildman–Crippen MR) is 94.2 cm³/mol. The first-order valence-corrected chi connectivity index (χ1v) is 8.88. The number of nitrogens with zero attached hydrogens (tertiary/aromatic N) is 3. The molecule has 0 fully saturated rings. The molecule has 6 heteroatoms. The topological polar surface area (TPSA) is 58.1 Å². The molecule has 2 aromatic heterocycles. The Bertz CT molecular complexity index is 600. The van der Waals surface area contributed by atoms with Crippen molar-refractivity contribution >= 4 is 17.2 Å². The second kappa shape index (κ2) is 9.37. The quantitative estimate of drug-likeness (QED) is 0.767. The van der Waals surface area contributed by atoms with Gasteiger partial charge in [0.2, 0.25) is 5.91 Å². The average Bonchev–Trinajstić information content (AvgIpc) is 3.06. The minimum absolute atomic E-state index is 0.0701. The van der Waals surface area contributed by atoms with Gasteiger partial charge in [0.25, 0.3) is 0 Å². The van der Waals surface area contributed by atoms with Gasteiger partial charge in [-0.05, 0) is 32.1 Å². The second-order valence-electron chi connectivity index (χ2n) is 5.54. The van der Waals surface area contributed by atoms with E-state index in [1.54, 1.807) is 17.5 Å². The molecule has 0 aliphatic carbocycles. The number of nitrogens with one attached hydrogen (secondary N) is 1. The zero-order valence-electron chi connectivity index (χ0n) is 13.8. The van der Waals surface area contributed by atoms with E-state index >= 15 is 0 Å². The van der Waals surface area contributed by atoms with E-state index in [2.05, 4.69) is 34.2 Å². The van der Waals surface area contributed by atoms with Gasteiger partial charge in [-0.1, -0.05) is 19.4 Å². The van der Waals surface area contributed by atoms with Gasteiger partial charge in [-0.15, -0.1) is 11.3 Å². The van der Waals surface area contributed by atoms with E-state index in [9.17, 15) is 4.79 Å². The van der Waals surface area contributed by atoms with E-state index in [0.29, 0.717) is 13.0 Å². The lowest BCUT2D eigenvalue weighted by Gasteiger charge is -2.15. The number of carbonyl (C=O) groups is 1. The molecule has 1 N–H and O–H groups in total. The third kappa shape index (κ3) is 6.08. The van der Waals surface area contributed by atoms with Gasteiger partial charge in [-0.3, -0.25) is 9.78 Å². The summed E-state index contributed by atoms with van der Waals surface area (Å²) in [6, 6.07) is 5.77. The smallest absolute Gasteiger partial charge is 0.221 e. The van der Waals surface area contributed by atoms with Crippen molar-refractivity contribution in [1.29, 1.82) is 0 Å². The van der Waals surface area contributed by atoms with E-state index in [-0.39, 0.29) is 5.91 Å². The Morgan fingerprint density at radius 1 is 1.35 bits per heavy atom. The summed E-state index contributed by atoms with van der Waals surface area (Å²) in [6.45, 7) is 4.49. The lowest BCUT2D eigenvalue weighted by atomic mass is 10.3. The lowest BCUT2D eigenvalue weighted by Crippen LogP contribution is -2.29. The molecule has 0 saturated carbocycles. The number of carbonyl (C=O) groups excluding carboxylic acids is 1. The number of unbranched alkanes of at least 4 members (excludes halogenated alkanes) is 1. The normalized spacial score (nSPS) is 10.9. The van der Waals surface area contributed by atoms with Crippen molar-refractivity contribution in [3.8, 4) is 10.7 Å². The fraction of sp³-hybridized carbons (Fsp3) is 0.471. The van der Waals surface area contributed by atoms with Crippen LogP contribution in [-0.2, 0) is 11.3 Å². The van der Waals surface area contributed by atoms with Crippen molar-refractivity contribution in [1.82, 2.24) is 20.2 Å². The summed E-state index contributed by atoms with van der Waals surface area (Å²) in [4.78, 5) is 22.9. The zero-order chi connectivity index (χ0) is 16.5. The standard InChI is InChI=1S/C17H24N4OS/c1-3-4-10-21(2)11-8-16(22)19-12-14-13-23-17(20-14)15-7-5-6-9-18-15/h5-7,9,13H,3-4,8,10-12H2,1-2H3,(H,19,22). The highest BCUT2D eigenvalue weighted by Gasteiger charge is 2.08. The number of aromatic nitrogens is 2. The molecule has 23 heavy (non-hydrogen) atoms. The van der Waals surface area contributed by atoms with Gasteiger partial charge in [0.1, 0.15) is 5.01 Å². The van der Waals surface area contributed by atoms with Crippen molar-refractivity contribution in [3.63, 3.8) is 0 Å². The molecule has 0 saturated heterocycles. The fourth-order valence-corrected chi connectivity index (χ4v) is 2.90. The van der Waals surface area contributed by atoms with Gasteiger partial charge < -0.3 is 10.2 Å². The first-order chi connectivity index (χ1) is 11.2. The first-order valence-electron chi connectivity index (χ1n) is 8.00. The molecule has 0 aliphatic heterocycles. The van der Waals surface area contributed by atoms with Crippen molar-refractivity contribution in [2.45, 2.75) is 32.7 Å². The number of hydrogen-bond acceptors (Lipinski definition) is 5. The van der Waals surface area contributed by atoms with Crippen LogP contribution in [0, 0.1) is 0 Å². The van der Waals surface area contributed by atoms with E-state index in [0.717, 1.165) is 29.5 Å². The monoisotopic (exact) mass is 332 g/mol. The van der Waals surface area contributed by atoms with Gasteiger partial charge in [-0.2, -0.15) is 0 Å². The molecule has 2 aromatic rings. The maximum Gasteiger partial charge on any atom is 0.221 e. The van der Waals surface area contributed by atoms with Crippen LogP contribution in [0.15, 0.2) is 29.8 Å². The molecule has 2 heterocycles. The van der Waals surface area contributed by atoms with Crippen LogP contribution < -0.4 is 5.32 Å². The predicted octanol–water partition coefficient (Wildman–Crippen LogP) is 2.94. The highest BCUT2D eigenvalue weighted by molar-refractivity contribution is 7.13. The van der Waals surface area contributed by atoms with Crippen LogP contribution in [0.2, 0.25) is 0 Å². The SMILES string of the molecule is CCCCN(C)CCC(=O)NCc1csc(-c2ccccn2)n1. The number of pyridine rings is 1. The Balaban J connectivity index is 1.74. The highest BCUT2D eigenvalue weighted by atomic mass is 32.1. The molecule has 124 valence electrons. The van der Waals surface area contributed by atoms with E-state index in [1.807, 2.05) is 23.6 Å². The van der Waals surface area contributed by atoms with Crippen molar-refractivity contribution in [3.05, 3.63) is 35.5 Å². The van der Waals surface area contributed by atoms with Gasteiger partial charge in [0, 0.05) is 24.5 Å². The van der Waals surface area contributed by atoms with Crippen LogP contribution >= 0.6 is 11.3 Å². The first kappa shape index (κ1) is 17.6. The molecular formula is C17H24N4OS. The molecule has 0 atom stereocenters. The third-order valence-corrected chi connectivity index (χ3v) is 4.43. The second-order valence-corrected chi connectivity index (χ2v) is 6.40. The highest BCUT2D eigenvalue weighted by Crippen LogP contribution is 2.21. The molecule has 5 nitrogen and oxygen atoms in total. The summed E-state index contributed by atoms with van der Waals surface area (Å²) < 4.78 is 0. The Labute approximate surface area is 141 Å². The summed E-state index contributed by atoms with van der Waals surface area (Å²) in [7, 11) is 2.06. The van der Waals surface area contributed by atoms with E-state index in [4.69, 9.17) is 0 Å². The summed E-state index contributed by atoms with van der Waals surface area (Å²) in [5.41, 5.74) is 1.75. The summed E-state index contributed by atoms with van der Waals surface area (Å²) >= 11 is 1.55. The van der Waals surface area contributed by atoms with Gasteiger partial charge in [0.15, 0.2) is 0 Å². The van der Waals surface area contributed by atoms with Crippen LogP contribution in [0.5, 0.6) is 0 Å². The number of hydrogen-bond donors (Lipinski definition) is 1. The molecule has 2 rings (SSSR count). The summed E-state index contributed by atoms with van der Waals surface area (Å²) in [5.74, 6) is 0.0701. The van der Waals surface area contributed by atoms with Crippen LogP contribution in [0.4, 0.5) is 0 Å². The van der Waals surface area contributed by atoms with Crippen molar-refractivity contribution in [2.75, 3.05) is 20.1 Å². The van der Waals surface area contributed by atoms with E-state index < -0.39 is 0 Å². The molecule has 0 aromatic carbocycles. The van der Waals surface area contributed by atoms with Crippen molar-refractivity contribution < 1.29 is 4.79 Å². The molecule has 0 aliphatic rings. The van der Waals surface area contributed by atoms with Crippen LogP contribution in [0.3, 0.4) is 0 Å². The largest absolute Gasteiger partial charge is 0.350 e. The molecule has 0 bridgehead atoms. The number of thiazole rings is 1. The van der Waals surface area contributed by atoms with Gasteiger partial charge >= 0.3 is 0 Å². The summed E-state index contributed by atoms with van der Waals surface area (Å²) in [5, 5.41) is 5.79. The number of amides is 1. The van der Waals surface area contributed by atoms with Gasteiger partial charge in [-0.25, -0.2) is 4.98 Å². The molecular weight excluding hydrogens is 308 g/mol. The Morgan fingerprint density at radius 3 is 2.96 bits per heavy atom. The minimum atomic E-state index is 0.0701. The Hall–Kier alpha value is -1.79. The van der Waals surface area contributed by atoms with Crippen molar-refractivity contribution in [2.24, 2.45) is 0 Å². The van der Waals surface area contributed by atoms with Crippen LogP contribution in [0.1, 0.15) is 31.9 Å². The molecule has 0 spiro atoms. The Kier molecular flexibility index (Phi) is 7.16. The lowest BCUT2D eigenvalue weighted by molar-refractivity contribution is -0.121. The minimum Gasteiger partial charge on any atom is -0.350 e. The average molecular weight is 332 g/mol. The maximum absolute atomic E-state index is 11.9. The summed E-state index contributed by atoms with van der Waals surface area (Å²) in [6.07, 6.45) is 4.64. The third-order valence-electron chi connectivity index (χ3n) is 3.52. The molecule has 0 radical (unpaired) electrons. The van der Waals surface area contributed by atoms with Gasteiger partial charge in [0.05, 0.1) is 17.9 Å². The maximum atomic E-state index is 11.9. The van der Waals surface area contributed by atoms with Crippen LogP contribution in [-0.4, -0.2) is 40.9 Å². The Morgan fingerprint density at radius 2 is 2.22 bits per heavy atom. The fourth-order valence-electron chi connectivity index (χ4n) is 2.10. The molecule has 1 amide bonds. The van der Waals surface area contributed by atoms with E-state index in [1.165, 1.54) is 12.8 Å².